The Morgan fingerprint density at radius 3 is 2.41 bits per heavy atom. The molecule has 0 aliphatic carbocycles. The van der Waals surface area contributed by atoms with E-state index in [4.69, 9.17) is 5.73 Å². The second-order valence-electron chi connectivity index (χ2n) is 5.34. The lowest BCUT2D eigenvalue weighted by Gasteiger charge is -2.28. The Balaban J connectivity index is 3.28. The van der Waals surface area contributed by atoms with Gasteiger partial charge in [-0.3, -0.25) is 10.1 Å². The number of nitrogens with zero attached hydrogens (tertiary/aromatic N) is 1. The van der Waals surface area contributed by atoms with E-state index in [1.165, 1.54) is 6.07 Å². The first-order valence-electron chi connectivity index (χ1n) is 5.80. The zero-order chi connectivity index (χ0) is 13.2. The topological polar surface area (TPSA) is 69.2 Å². The summed E-state index contributed by atoms with van der Waals surface area (Å²) in [6.45, 7) is 8.14. The molecule has 17 heavy (non-hydrogen) atoms. The first-order chi connectivity index (χ1) is 7.77. The number of hydrogen-bond donors (Lipinski definition) is 1. The molecule has 0 saturated carbocycles. The number of aryl methyl sites for hydroxylation is 1. The number of hydrogen-bond acceptors (Lipinski definition) is 3. The van der Waals surface area contributed by atoms with Gasteiger partial charge in [0, 0.05) is 18.2 Å². The second-order valence-corrected chi connectivity index (χ2v) is 5.34. The van der Waals surface area contributed by atoms with Gasteiger partial charge in [0.15, 0.2) is 0 Å². The van der Waals surface area contributed by atoms with E-state index in [1.807, 2.05) is 27.7 Å². The Kier molecular flexibility index (Phi) is 3.88. The molecule has 4 heteroatoms. The molecule has 0 aromatic heterocycles. The summed E-state index contributed by atoms with van der Waals surface area (Å²) in [6.07, 6.45) is 0.830. The number of non-ortho nitro benzene ring substituents is 1. The van der Waals surface area contributed by atoms with E-state index in [0.29, 0.717) is 0 Å². The molecule has 4 nitrogen and oxygen atoms in total. The van der Waals surface area contributed by atoms with Crippen molar-refractivity contribution in [2.75, 3.05) is 0 Å². The van der Waals surface area contributed by atoms with Gasteiger partial charge in [-0.2, -0.15) is 0 Å². The number of nitrogens with two attached hydrogens (primary N) is 1. The van der Waals surface area contributed by atoms with Crippen molar-refractivity contribution in [3.63, 3.8) is 0 Å². The van der Waals surface area contributed by atoms with Gasteiger partial charge in [-0.25, -0.2) is 0 Å². The lowest BCUT2D eigenvalue weighted by atomic mass is 9.81. The minimum atomic E-state index is -0.377. The molecule has 1 aromatic rings. The van der Waals surface area contributed by atoms with Crippen molar-refractivity contribution in [1.82, 2.24) is 0 Å². The molecule has 94 valence electrons. The molecular weight excluding hydrogens is 216 g/mol. The first kappa shape index (κ1) is 13.6. The Hall–Kier alpha value is -1.42. The Labute approximate surface area is 102 Å². The highest BCUT2D eigenvalue weighted by Gasteiger charge is 2.25. The average Bonchev–Trinajstić information content (AvgIpc) is 2.25. The van der Waals surface area contributed by atoms with Crippen LogP contribution >= 0.6 is 0 Å². The summed E-state index contributed by atoms with van der Waals surface area (Å²) in [5.74, 6) is 0. The van der Waals surface area contributed by atoms with Crippen LogP contribution in [0.3, 0.4) is 0 Å². The fourth-order valence-electron chi connectivity index (χ4n) is 1.77. The van der Waals surface area contributed by atoms with Crippen LogP contribution in [0.25, 0.3) is 0 Å². The lowest BCUT2D eigenvalue weighted by Crippen LogP contribution is -2.27. The minimum Gasteiger partial charge on any atom is -0.324 e. The summed E-state index contributed by atoms with van der Waals surface area (Å²) in [5.41, 5.74) is 8.16. The monoisotopic (exact) mass is 236 g/mol. The van der Waals surface area contributed by atoms with Crippen LogP contribution in [-0.4, -0.2) is 4.92 Å². The van der Waals surface area contributed by atoms with Crippen molar-refractivity contribution in [3.05, 3.63) is 39.4 Å². The maximum absolute atomic E-state index is 10.8. The highest BCUT2D eigenvalue weighted by Crippen LogP contribution is 2.34. The molecule has 0 radical (unpaired) electrons. The van der Waals surface area contributed by atoms with Crippen LogP contribution in [0.5, 0.6) is 0 Å². The predicted octanol–water partition coefficient (Wildman–Crippen LogP) is 3.20. The first-order valence-corrected chi connectivity index (χ1v) is 5.80. The number of nitro benzene ring substituents is 1. The van der Waals surface area contributed by atoms with Crippen molar-refractivity contribution in [2.24, 2.45) is 11.1 Å². The van der Waals surface area contributed by atoms with Crippen molar-refractivity contribution >= 4 is 5.69 Å². The molecule has 0 saturated heterocycles. The Morgan fingerprint density at radius 1 is 1.41 bits per heavy atom. The molecule has 0 aliphatic rings. The minimum absolute atomic E-state index is 0.108. The third-order valence-corrected chi connectivity index (χ3v) is 2.99. The van der Waals surface area contributed by atoms with E-state index >= 15 is 0 Å². The maximum Gasteiger partial charge on any atom is 0.269 e. The van der Waals surface area contributed by atoms with Gasteiger partial charge in [-0.15, -0.1) is 0 Å². The van der Waals surface area contributed by atoms with E-state index in [0.717, 1.165) is 17.5 Å². The number of benzene rings is 1. The fraction of sp³-hybridized carbons (Fsp3) is 0.538. The SMILES string of the molecule is CCc1ccc([N+](=O)[O-])cc1C(N)C(C)(C)C. The standard InChI is InChI=1S/C13H20N2O2/c1-5-9-6-7-10(15(16)17)8-11(9)12(14)13(2,3)4/h6-8,12H,5,14H2,1-4H3. The molecule has 0 amide bonds. The Bertz CT molecular complexity index is 422. The molecule has 1 rings (SSSR count). The summed E-state index contributed by atoms with van der Waals surface area (Å²) >= 11 is 0. The van der Waals surface area contributed by atoms with Crippen LogP contribution in [0, 0.1) is 15.5 Å². The van der Waals surface area contributed by atoms with E-state index in [1.54, 1.807) is 12.1 Å². The van der Waals surface area contributed by atoms with E-state index in [2.05, 4.69) is 0 Å². The largest absolute Gasteiger partial charge is 0.324 e. The summed E-state index contributed by atoms with van der Waals surface area (Å²) in [6, 6.07) is 4.75. The summed E-state index contributed by atoms with van der Waals surface area (Å²) in [4.78, 5) is 10.4. The zero-order valence-electron chi connectivity index (χ0n) is 10.9. The van der Waals surface area contributed by atoms with E-state index in [9.17, 15) is 10.1 Å². The molecule has 1 atom stereocenters. The molecule has 0 bridgehead atoms. The predicted molar refractivity (Wildman–Crippen MR) is 68.9 cm³/mol. The van der Waals surface area contributed by atoms with Crippen LogP contribution < -0.4 is 5.73 Å². The van der Waals surface area contributed by atoms with E-state index in [-0.39, 0.29) is 22.1 Å². The highest BCUT2D eigenvalue weighted by molar-refractivity contribution is 5.42. The normalized spacial score (nSPS) is 13.5. The second kappa shape index (κ2) is 4.84. The van der Waals surface area contributed by atoms with Gasteiger partial charge in [0.25, 0.3) is 5.69 Å². The van der Waals surface area contributed by atoms with Crippen molar-refractivity contribution in [1.29, 1.82) is 0 Å². The molecule has 0 fully saturated rings. The van der Waals surface area contributed by atoms with Crippen LogP contribution in [0.2, 0.25) is 0 Å². The van der Waals surface area contributed by atoms with Crippen molar-refractivity contribution in [2.45, 2.75) is 40.2 Å². The molecule has 0 spiro atoms. The zero-order valence-corrected chi connectivity index (χ0v) is 10.9. The molecule has 2 N–H and O–H groups in total. The lowest BCUT2D eigenvalue weighted by molar-refractivity contribution is -0.385. The van der Waals surface area contributed by atoms with Gasteiger partial charge in [0.1, 0.15) is 0 Å². The fourth-order valence-corrected chi connectivity index (χ4v) is 1.77. The van der Waals surface area contributed by atoms with Gasteiger partial charge in [0.05, 0.1) is 4.92 Å². The average molecular weight is 236 g/mol. The summed E-state index contributed by atoms with van der Waals surface area (Å²) in [5, 5.41) is 10.8. The number of rotatable bonds is 3. The van der Waals surface area contributed by atoms with Crippen LogP contribution in [0.4, 0.5) is 5.69 Å². The molecule has 1 unspecified atom stereocenters. The highest BCUT2D eigenvalue weighted by atomic mass is 16.6. The van der Waals surface area contributed by atoms with Gasteiger partial charge < -0.3 is 5.73 Å². The summed E-state index contributed by atoms with van der Waals surface area (Å²) < 4.78 is 0. The summed E-state index contributed by atoms with van der Waals surface area (Å²) in [7, 11) is 0. The van der Waals surface area contributed by atoms with Gasteiger partial charge in [-0.05, 0) is 23.0 Å². The molecule has 1 aromatic carbocycles. The molecule has 0 heterocycles. The van der Waals surface area contributed by atoms with Crippen LogP contribution in [0.1, 0.15) is 44.9 Å². The third kappa shape index (κ3) is 3.03. The van der Waals surface area contributed by atoms with Crippen LogP contribution in [0.15, 0.2) is 18.2 Å². The van der Waals surface area contributed by atoms with E-state index < -0.39 is 0 Å². The smallest absolute Gasteiger partial charge is 0.269 e. The molecule has 0 aliphatic heterocycles. The van der Waals surface area contributed by atoms with Crippen LogP contribution in [-0.2, 0) is 6.42 Å². The third-order valence-electron chi connectivity index (χ3n) is 2.99. The van der Waals surface area contributed by atoms with Gasteiger partial charge in [0.2, 0.25) is 0 Å². The quantitative estimate of drug-likeness (QED) is 0.647. The Morgan fingerprint density at radius 2 is 2.00 bits per heavy atom. The number of nitro groups is 1. The maximum atomic E-state index is 10.8. The van der Waals surface area contributed by atoms with Crippen molar-refractivity contribution < 1.29 is 4.92 Å². The molecular formula is C13H20N2O2. The van der Waals surface area contributed by atoms with Gasteiger partial charge in [-0.1, -0.05) is 33.8 Å². The van der Waals surface area contributed by atoms with Gasteiger partial charge >= 0.3 is 0 Å². The van der Waals surface area contributed by atoms with Crippen molar-refractivity contribution in [3.8, 4) is 0 Å².